The monoisotopic (exact) mass is 438 g/mol. The molecule has 3 aromatic rings. The molecule has 1 aliphatic carbocycles. The third-order valence-electron chi connectivity index (χ3n) is 6.34. The van der Waals surface area contributed by atoms with Crippen molar-refractivity contribution >= 4 is 28.6 Å². The van der Waals surface area contributed by atoms with Gasteiger partial charge in [0.25, 0.3) is 5.91 Å². The average Bonchev–Trinajstić information content (AvgIpc) is 3.35. The second-order valence-corrected chi connectivity index (χ2v) is 8.36. The molecular weight excluding hydrogens is 418 g/mol. The Bertz CT molecular complexity index is 1230. The van der Waals surface area contributed by atoms with E-state index in [1.807, 2.05) is 18.3 Å². The molecule has 5 rings (SSSR count). The minimum atomic E-state index is -2.83. The maximum atomic E-state index is 13.5. The first-order chi connectivity index (χ1) is 15.3. The van der Waals surface area contributed by atoms with Crippen molar-refractivity contribution in [3.05, 3.63) is 54.4 Å². The van der Waals surface area contributed by atoms with Crippen LogP contribution in [0, 0.1) is 0 Å². The SMILES string of the molecule is O=C(CN1C(=O)NC2(CCC(F)(F)CC2)C1=O)c1ccc(-c2nccc3[nH]ccc23)cc1. The van der Waals surface area contributed by atoms with Crippen LogP contribution in [0.3, 0.4) is 0 Å². The lowest BCUT2D eigenvalue weighted by atomic mass is 9.80. The number of aromatic nitrogens is 2. The average molecular weight is 438 g/mol. The Kier molecular flexibility index (Phi) is 4.58. The lowest BCUT2D eigenvalue weighted by molar-refractivity contribution is -0.135. The van der Waals surface area contributed by atoms with E-state index in [0.717, 1.165) is 27.1 Å². The fraction of sp³-hybridized carbons (Fsp3) is 0.304. The number of H-pyrrole nitrogens is 1. The molecule has 1 saturated carbocycles. The van der Waals surface area contributed by atoms with Crippen molar-refractivity contribution in [2.45, 2.75) is 37.1 Å². The number of amides is 3. The van der Waals surface area contributed by atoms with Crippen molar-refractivity contribution in [3.63, 3.8) is 0 Å². The highest BCUT2D eigenvalue weighted by atomic mass is 19.3. The largest absolute Gasteiger partial charge is 0.361 e. The Morgan fingerprint density at radius 3 is 2.47 bits per heavy atom. The standard InChI is InChI=1S/C23H20F2N4O3/c24-23(25)9-7-22(8-10-23)20(31)29(21(32)28-22)13-18(30)14-1-3-15(4-2-14)19-16-5-11-26-17(16)6-12-27-19/h1-6,11-12,26H,7-10,13H2,(H,28,32). The molecule has 0 unspecified atom stereocenters. The minimum absolute atomic E-state index is 0.137. The molecule has 2 N–H and O–H groups in total. The number of fused-ring (bicyclic) bond motifs is 1. The number of benzene rings is 1. The Balaban J connectivity index is 1.32. The normalized spacial score (nSPS) is 19.5. The lowest BCUT2D eigenvalue weighted by Crippen LogP contribution is -2.51. The van der Waals surface area contributed by atoms with Gasteiger partial charge >= 0.3 is 6.03 Å². The highest BCUT2D eigenvalue weighted by molar-refractivity contribution is 6.11. The first-order valence-corrected chi connectivity index (χ1v) is 10.4. The molecule has 1 spiro atoms. The molecule has 0 radical (unpaired) electrons. The number of Topliss-reactive ketones (excluding diaryl/α,β-unsaturated/α-hetero) is 1. The van der Waals surface area contributed by atoms with Crippen LogP contribution in [-0.4, -0.2) is 50.6 Å². The van der Waals surface area contributed by atoms with Gasteiger partial charge in [-0.05, 0) is 25.0 Å². The highest BCUT2D eigenvalue weighted by Gasteiger charge is 2.55. The van der Waals surface area contributed by atoms with Crippen molar-refractivity contribution < 1.29 is 23.2 Å². The van der Waals surface area contributed by atoms with Crippen molar-refractivity contribution in [2.24, 2.45) is 0 Å². The Morgan fingerprint density at radius 2 is 1.75 bits per heavy atom. The summed E-state index contributed by atoms with van der Waals surface area (Å²) in [7, 11) is 0. The zero-order valence-corrected chi connectivity index (χ0v) is 17.0. The maximum Gasteiger partial charge on any atom is 0.325 e. The van der Waals surface area contributed by atoms with Crippen molar-refractivity contribution in [3.8, 4) is 11.3 Å². The molecule has 3 heterocycles. The van der Waals surface area contributed by atoms with E-state index in [4.69, 9.17) is 0 Å². The van der Waals surface area contributed by atoms with Crippen LogP contribution in [0.25, 0.3) is 22.2 Å². The van der Waals surface area contributed by atoms with Crippen molar-refractivity contribution in [1.82, 2.24) is 20.2 Å². The molecule has 7 nitrogen and oxygen atoms in total. The number of alkyl halides is 2. The van der Waals surface area contributed by atoms with Gasteiger partial charge in [-0.15, -0.1) is 0 Å². The van der Waals surface area contributed by atoms with Crippen LogP contribution in [0.1, 0.15) is 36.0 Å². The van der Waals surface area contributed by atoms with Crippen LogP contribution in [-0.2, 0) is 4.79 Å². The van der Waals surface area contributed by atoms with Crippen molar-refractivity contribution in [1.29, 1.82) is 0 Å². The van der Waals surface area contributed by atoms with Crippen LogP contribution in [0.2, 0.25) is 0 Å². The van der Waals surface area contributed by atoms with Crippen LogP contribution in [0.15, 0.2) is 48.8 Å². The number of imide groups is 1. The summed E-state index contributed by atoms with van der Waals surface area (Å²) in [6.45, 7) is -0.437. The summed E-state index contributed by atoms with van der Waals surface area (Å²) < 4.78 is 27.0. The molecule has 2 aliphatic rings. The summed E-state index contributed by atoms with van der Waals surface area (Å²) in [5, 5.41) is 3.50. The molecule has 32 heavy (non-hydrogen) atoms. The number of pyridine rings is 1. The van der Waals surface area contributed by atoms with Crippen LogP contribution < -0.4 is 5.32 Å². The predicted molar refractivity (Wildman–Crippen MR) is 112 cm³/mol. The van der Waals surface area contributed by atoms with E-state index in [0.29, 0.717) is 5.56 Å². The summed E-state index contributed by atoms with van der Waals surface area (Å²) in [4.78, 5) is 46.4. The van der Waals surface area contributed by atoms with E-state index in [1.54, 1.807) is 30.5 Å². The topological polar surface area (TPSA) is 95.2 Å². The second-order valence-electron chi connectivity index (χ2n) is 8.36. The van der Waals surface area contributed by atoms with Crippen molar-refractivity contribution in [2.75, 3.05) is 6.54 Å². The quantitative estimate of drug-likeness (QED) is 0.477. The number of aromatic amines is 1. The Hall–Kier alpha value is -3.62. The van der Waals surface area contributed by atoms with E-state index in [2.05, 4.69) is 15.3 Å². The van der Waals surface area contributed by atoms with Crippen LogP contribution in [0.5, 0.6) is 0 Å². The molecule has 0 bridgehead atoms. The first kappa shape index (κ1) is 20.3. The van der Waals surface area contributed by atoms with Gasteiger partial charge in [0.1, 0.15) is 5.54 Å². The number of carbonyl (C=O) groups excluding carboxylic acids is 3. The van der Waals surface area contributed by atoms with Gasteiger partial charge in [0.2, 0.25) is 5.92 Å². The third-order valence-corrected chi connectivity index (χ3v) is 6.34. The van der Waals surface area contributed by atoms with Gasteiger partial charge < -0.3 is 10.3 Å². The molecule has 0 atom stereocenters. The van der Waals surface area contributed by atoms with E-state index in [-0.39, 0.29) is 12.8 Å². The maximum absolute atomic E-state index is 13.5. The Morgan fingerprint density at radius 1 is 1.03 bits per heavy atom. The van der Waals surface area contributed by atoms with Gasteiger partial charge in [-0.3, -0.25) is 19.5 Å². The number of carbonyl (C=O) groups is 3. The van der Waals surface area contributed by atoms with Crippen LogP contribution in [0.4, 0.5) is 13.6 Å². The third kappa shape index (κ3) is 3.34. The van der Waals surface area contributed by atoms with Gasteiger partial charge in [0, 0.05) is 47.3 Å². The molecule has 9 heteroatoms. The molecule has 1 aromatic carbocycles. The highest BCUT2D eigenvalue weighted by Crippen LogP contribution is 2.41. The van der Waals surface area contributed by atoms with Gasteiger partial charge in [0.05, 0.1) is 12.2 Å². The number of halogens is 2. The van der Waals surface area contributed by atoms with E-state index < -0.39 is 48.6 Å². The number of ketones is 1. The summed E-state index contributed by atoms with van der Waals surface area (Å²) in [5.41, 5.74) is 1.55. The number of hydrogen-bond donors (Lipinski definition) is 2. The second kappa shape index (κ2) is 7.22. The molecule has 2 aromatic heterocycles. The Labute approximate surface area is 181 Å². The number of rotatable bonds is 4. The molecule has 2 fully saturated rings. The zero-order chi connectivity index (χ0) is 22.5. The molecule has 1 aliphatic heterocycles. The number of nitrogens with one attached hydrogen (secondary N) is 2. The number of nitrogens with zero attached hydrogens (tertiary/aromatic N) is 2. The van der Waals surface area contributed by atoms with Gasteiger partial charge in [-0.1, -0.05) is 24.3 Å². The number of hydrogen-bond acceptors (Lipinski definition) is 4. The van der Waals surface area contributed by atoms with E-state index >= 15 is 0 Å². The first-order valence-electron chi connectivity index (χ1n) is 10.4. The summed E-state index contributed by atoms with van der Waals surface area (Å²) in [6.07, 6.45) is 2.31. The van der Waals surface area contributed by atoms with Gasteiger partial charge in [0.15, 0.2) is 5.78 Å². The summed E-state index contributed by atoms with van der Waals surface area (Å²) >= 11 is 0. The molecule has 3 amide bonds. The fourth-order valence-corrected chi connectivity index (χ4v) is 4.46. The fourth-order valence-electron chi connectivity index (χ4n) is 4.46. The minimum Gasteiger partial charge on any atom is -0.361 e. The molecule has 164 valence electrons. The smallest absolute Gasteiger partial charge is 0.325 e. The zero-order valence-electron chi connectivity index (χ0n) is 17.0. The van der Waals surface area contributed by atoms with E-state index in [9.17, 15) is 23.2 Å². The lowest BCUT2D eigenvalue weighted by Gasteiger charge is -2.34. The summed E-state index contributed by atoms with van der Waals surface area (Å²) in [5.74, 6) is -3.85. The van der Waals surface area contributed by atoms with Gasteiger partial charge in [-0.2, -0.15) is 0 Å². The molecular formula is C23H20F2N4O3. The predicted octanol–water partition coefficient (Wildman–Crippen LogP) is 3.91. The van der Waals surface area contributed by atoms with Crippen LogP contribution >= 0.6 is 0 Å². The van der Waals surface area contributed by atoms with E-state index in [1.165, 1.54) is 0 Å². The number of urea groups is 1. The molecule has 1 saturated heterocycles. The van der Waals surface area contributed by atoms with Gasteiger partial charge in [-0.25, -0.2) is 13.6 Å². The summed E-state index contributed by atoms with van der Waals surface area (Å²) in [6, 6.07) is 9.85.